The van der Waals surface area contributed by atoms with Crippen LogP contribution in [0.4, 0.5) is 5.82 Å². The zero-order valence-corrected chi connectivity index (χ0v) is 9.85. The highest BCUT2D eigenvalue weighted by molar-refractivity contribution is 6.28. The van der Waals surface area contributed by atoms with Crippen molar-refractivity contribution >= 4 is 28.5 Å². The van der Waals surface area contributed by atoms with Gasteiger partial charge in [-0.15, -0.1) is 0 Å². The molecule has 7 heteroatoms. The number of halogens is 1. The maximum atomic E-state index is 9.15. The van der Waals surface area contributed by atoms with Crippen LogP contribution in [0.5, 0.6) is 0 Å². The molecule has 90 valence electrons. The Labute approximate surface area is 103 Å². The Hall–Kier alpha value is -1.40. The molecule has 2 N–H and O–H groups in total. The van der Waals surface area contributed by atoms with Crippen LogP contribution in [0.15, 0.2) is 6.20 Å². The second kappa shape index (κ2) is 4.12. The first kappa shape index (κ1) is 10.7. The molecule has 2 aromatic rings. The van der Waals surface area contributed by atoms with E-state index < -0.39 is 0 Å². The van der Waals surface area contributed by atoms with E-state index in [1.54, 1.807) is 6.20 Å². The average Bonchev–Trinajstić information content (AvgIpc) is 2.95. The summed E-state index contributed by atoms with van der Waals surface area (Å²) in [5.41, 5.74) is 0.646. The van der Waals surface area contributed by atoms with Gasteiger partial charge in [-0.05, 0) is 18.0 Å². The summed E-state index contributed by atoms with van der Waals surface area (Å²) in [7, 11) is 0. The van der Waals surface area contributed by atoms with Crippen LogP contribution in [-0.4, -0.2) is 45.0 Å². The van der Waals surface area contributed by atoms with Gasteiger partial charge in [-0.2, -0.15) is 15.1 Å². The van der Waals surface area contributed by atoms with Crippen molar-refractivity contribution in [3.63, 3.8) is 0 Å². The molecular formula is C10H12ClN5O. The highest BCUT2D eigenvalue weighted by atomic mass is 35.5. The van der Waals surface area contributed by atoms with Crippen molar-refractivity contribution in [3.05, 3.63) is 11.5 Å². The van der Waals surface area contributed by atoms with E-state index >= 15 is 0 Å². The number of aromatic amines is 1. The van der Waals surface area contributed by atoms with E-state index in [-0.39, 0.29) is 11.9 Å². The summed E-state index contributed by atoms with van der Waals surface area (Å²) in [4.78, 5) is 10.4. The van der Waals surface area contributed by atoms with Gasteiger partial charge >= 0.3 is 0 Å². The maximum absolute atomic E-state index is 9.15. The zero-order valence-electron chi connectivity index (χ0n) is 9.10. The number of rotatable bonds is 2. The van der Waals surface area contributed by atoms with Gasteiger partial charge in [0.15, 0.2) is 5.65 Å². The van der Waals surface area contributed by atoms with Gasteiger partial charge in [-0.1, -0.05) is 0 Å². The lowest BCUT2D eigenvalue weighted by molar-refractivity contribution is 0.238. The molecule has 0 spiro atoms. The summed E-state index contributed by atoms with van der Waals surface area (Å²) >= 11 is 5.88. The number of H-pyrrole nitrogens is 1. The van der Waals surface area contributed by atoms with Gasteiger partial charge in [0.05, 0.1) is 11.6 Å². The smallest absolute Gasteiger partial charge is 0.226 e. The van der Waals surface area contributed by atoms with Crippen molar-refractivity contribution in [1.29, 1.82) is 0 Å². The van der Waals surface area contributed by atoms with Crippen LogP contribution in [0.2, 0.25) is 5.28 Å². The summed E-state index contributed by atoms with van der Waals surface area (Å²) in [6.07, 6.45) is 2.67. The maximum Gasteiger partial charge on any atom is 0.226 e. The molecule has 0 saturated carbocycles. The van der Waals surface area contributed by atoms with E-state index in [4.69, 9.17) is 16.7 Å². The lowest BCUT2D eigenvalue weighted by Gasteiger charge is -2.17. The molecular weight excluding hydrogens is 242 g/mol. The first-order valence-corrected chi connectivity index (χ1v) is 5.88. The van der Waals surface area contributed by atoms with Gasteiger partial charge in [0.25, 0.3) is 0 Å². The highest BCUT2D eigenvalue weighted by Crippen LogP contribution is 2.28. The molecule has 1 atom stereocenters. The molecule has 0 aromatic carbocycles. The summed E-state index contributed by atoms with van der Waals surface area (Å²) in [5.74, 6) is 1.11. The van der Waals surface area contributed by atoms with Crippen LogP contribution < -0.4 is 4.90 Å². The van der Waals surface area contributed by atoms with Crippen LogP contribution in [0, 0.1) is 5.92 Å². The van der Waals surface area contributed by atoms with Crippen LogP contribution >= 0.6 is 11.6 Å². The molecule has 0 amide bonds. The van der Waals surface area contributed by atoms with Crippen LogP contribution in [0.1, 0.15) is 6.42 Å². The minimum Gasteiger partial charge on any atom is -0.396 e. The molecule has 0 bridgehead atoms. The van der Waals surface area contributed by atoms with Gasteiger partial charge in [-0.25, -0.2) is 0 Å². The van der Waals surface area contributed by atoms with E-state index in [9.17, 15) is 0 Å². The third-order valence-corrected chi connectivity index (χ3v) is 3.27. The summed E-state index contributed by atoms with van der Waals surface area (Å²) in [5, 5.41) is 17.0. The number of aliphatic hydroxyl groups excluding tert-OH is 1. The largest absolute Gasteiger partial charge is 0.396 e. The monoisotopic (exact) mass is 253 g/mol. The highest BCUT2D eigenvalue weighted by Gasteiger charge is 2.25. The zero-order chi connectivity index (χ0) is 11.8. The van der Waals surface area contributed by atoms with Gasteiger partial charge < -0.3 is 10.0 Å². The lowest BCUT2D eigenvalue weighted by atomic mass is 10.1. The third kappa shape index (κ3) is 1.83. The van der Waals surface area contributed by atoms with E-state index in [1.807, 2.05) is 0 Å². The molecule has 3 rings (SSSR count). The number of nitrogens with one attached hydrogen (secondary N) is 1. The molecule has 1 aliphatic rings. The Bertz CT molecular complexity index is 542. The molecule has 0 aliphatic carbocycles. The first-order valence-electron chi connectivity index (χ1n) is 5.50. The Morgan fingerprint density at radius 1 is 1.53 bits per heavy atom. The predicted molar refractivity (Wildman–Crippen MR) is 64.1 cm³/mol. The summed E-state index contributed by atoms with van der Waals surface area (Å²) in [6.45, 7) is 1.88. The number of anilines is 1. The van der Waals surface area contributed by atoms with E-state index in [0.29, 0.717) is 11.6 Å². The first-order chi connectivity index (χ1) is 8.28. The van der Waals surface area contributed by atoms with Crippen LogP contribution in [0.3, 0.4) is 0 Å². The van der Waals surface area contributed by atoms with Crippen molar-refractivity contribution < 1.29 is 5.11 Å². The molecule has 1 fully saturated rings. The van der Waals surface area contributed by atoms with Gasteiger partial charge in [0.2, 0.25) is 5.28 Å². The number of fused-ring (bicyclic) bond motifs is 1. The fourth-order valence-corrected chi connectivity index (χ4v) is 2.37. The second-order valence-corrected chi connectivity index (χ2v) is 4.57. The Morgan fingerprint density at radius 3 is 3.18 bits per heavy atom. The topological polar surface area (TPSA) is 77.9 Å². The standard InChI is InChI=1S/C10H12ClN5O/c11-10-13-8-7(3-12-15-8)9(14-10)16-2-1-6(4-16)5-17/h3,6,17H,1-2,4-5H2,(H,12,13,14,15). The van der Waals surface area contributed by atoms with Gasteiger partial charge in [0, 0.05) is 25.6 Å². The molecule has 3 heterocycles. The number of aromatic nitrogens is 4. The number of hydrogen-bond donors (Lipinski definition) is 2. The number of aliphatic hydroxyl groups is 1. The predicted octanol–water partition coefficient (Wildman–Crippen LogP) is 0.825. The minimum absolute atomic E-state index is 0.212. The van der Waals surface area contributed by atoms with E-state index in [0.717, 1.165) is 30.7 Å². The SMILES string of the molecule is OCC1CCN(c2nc(Cl)nc3[nH]ncc23)C1. The molecule has 1 aliphatic heterocycles. The summed E-state index contributed by atoms with van der Waals surface area (Å²) in [6, 6.07) is 0. The average molecular weight is 254 g/mol. The molecule has 0 radical (unpaired) electrons. The minimum atomic E-state index is 0.212. The normalized spacial score (nSPS) is 20.4. The van der Waals surface area contributed by atoms with Crippen molar-refractivity contribution in [1.82, 2.24) is 20.2 Å². The van der Waals surface area contributed by atoms with E-state index in [1.165, 1.54) is 0 Å². The summed E-state index contributed by atoms with van der Waals surface area (Å²) < 4.78 is 0. The molecule has 2 aromatic heterocycles. The van der Waals surface area contributed by atoms with E-state index in [2.05, 4.69) is 25.1 Å². The third-order valence-electron chi connectivity index (χ3n) is 3.11. The molecule has 17 heavy (non-hydrogen) atoms. The van der Waals surface area contributed by atoms with Crippen molar-refractivity contribution in [3.8, 4) is 0 Å². The van der Waals surface area contributed by atoms with Crippen molar-refractivity contribution in [2.45, 2.75) is 6.42 Å². The number of nitrogens with zero attached hydrogens (tertiary/aromatic N) is 4. The van der Waals surface area contributed by atoms with Crippen LogP contribution in [0.25, 0.3) is 11.0 Å². The molecule has 6 nitrogen and oxygen atoms in total. The Balaban J connectivity index is 2.02. The quantitative estimate of drug-likeness (QED) is 0.775. The number of hydrogen-bond acceptors (Lipinski definition) is 5. The van der Waals surface area contributed by atoms with Crippen LogP contribution in [-0.2, 0) is 0 Å². The fourth-order valence-electron chi connectivity index (χ4n) is 2.21. The Kier molecular flexibility index (Phi) is 2.60. The van der Waals surface area contributed by atoms with Gasteiger partial charge in [-0.3, -0.25) is 5.10 Å². The fraction of sp³-hybridized carbons (Fsp3) is 0.500. The van der Waals surface area contributed by atoms with Gasteiger partial charge in [0.1, 0.15) is 5.82 Å². The second-order valence-electron chi connectivity index (χ2n) is 4.23. The molecule has 1 unspecified atom stereocenters. The van der Waals surface area contributed by atoms with Crippen molar-refractivity contribution in [2.75, 3.05) is 24.6 Å². The lowest BCUT2D eigenvalue weighted by Crippen LogP contribution is -2.22. The van der Waals surface area contributed by atoms with Crippen molar-refractivity contribution in [2.24, 2.45) is 5.92 Å². The Morgan fingerprint density at radius 2 is 2.41 bits per heavy atom. The molecule has 1 saturated heterocycles.